The average molecular weight is 245 g/mol. The zero-order valence-electron chi connectivity index (χ0n) is 11.1. The highest BCUT2D eigenvalue weighted by atomic mass is 16.4. The highest BCUT2D eigenvalue weighted by molar-refractivity contribution is 5.70. The number of carbonyl (C=O) groups is 1. The number of aliphatic carboxylic acids is 1. The minimum Gasteiger partial charge on any atom is -0.481 e. The van der Waals surface area contributed by atoms with Gasteiger partial charge in [-0.3, -0.25) is 4.79 Å². The summed E-state index contributed by atoms with van der Waals surface area (Å²) in [7, 11) is 1.99. The van der Waals surface area contributed by atoms with Crippen LogP contribution in [-0.2, 0) is 11.2 Å². The van der Waals surface area contributed by atoms with E-state index in [9.17, 15) is 4.79 Å². The van der Waals surface area contributed by atoms with Crippen LogP contribution < -0.4 is 4.90 Å². The van der Waals surface area contributed by atoms with Crippen molar-refractivity contribution in [3.05, 3.63) is 53.8 Å². The van der Waals surface area contributed by atoms with Crippen LogP contribution >= 0.6 is 0 Å². The number of carboxylic acid groups (broad SMARTS) is 1. The second-order valence-corrected chi connectivity index (χ2v) is 4.13. The first-order valence-electron chi connectivity index (χ1n) is 5.88. The number of hydrogen-bond acceptors (Lipinski definition) is 2. The summed E-state index contributed by atoms with van der Waals surface area (Å²) in [6, 6.07) is 7.57. The Balaban J connectivity index is 2.81. The lowest BCUT2D eigenvalue weighted by atomic mass is 10.1. The maximum Gasteiger partial charge on any atom is 0.307 e. The van der Waals surface area contributed by atoms with Crippen molar-refractivity contribution in [1.82, 2.24) is 0 Å². The van der Waals surface area contributed by atoms with Crippen LogP contribution in [0, 0.1) is 0 Å². The third-order valence-corrected chi connectivity index (χ3v) is 2.74. The molecule has 0 aliphatic heterocycles. The van der Waals surface area contributed by atoms with Crippen molar-refractivity contribution in [1.29, 1.82) is 0 Å². The predicted molar refractivity (Wildman–Crippen MR) is 74.8 cm³/mol. The molecule has 0 fully saturated rings. The Labute approximate surface area is 108 Å². The molecular formula is C15H19NO2. The van der Waals surface area contributed by atoms with E-state index in [1.807, 2.05) is 63.4 Å². The summed E-state index contributed by atoms with van der Waals surface area (Å²) in [5.41, 5.74) is 2.98. The van der Waals surface area contributed by atoms with E-state index in [4.69, 9.17) is 5.11 Å². The summed E-state index contributed by atoms with van der Waals surface area (Å²) < 4.78 is 0. The number of hydrogen-bond donors (Lipinski definition) is 1. The Morgan fingerprint density at radius 1 is 1.33 bits per heavy atom. The quantitative estimate of drug-likeness (QED) is 0.810. The number of benzene rings is 1. The van der Waals surface area contributed by atoms with E-state index >= 15 is 0 Å². The molecule has 0 heterocycles. The van der Waals surface area contributed by atoms with Crippen LogP contribution in [0.5, 0.6) is 0 Å². The third kappa shape index (κ3) is 4.09. The summed E-state index contributed by atoms with van der Waals surface area (Å²) in [6.07, 6.45) is 6.07. The molecule has 96 valence electrons. The summed E-state index contributed by atoms with van der Waals surface area (Å²) in [5, 5.41) is 8.70. The molecular weight excluding hydrogens is 226 g/mol. The SMILES string of the molecule is C/C=C/C=C(/C)N(C)c1ccc(CC(=O)O)cc1. The lowest BCUT2D eigenvalue weighted by molar-refractivity contribution is -0.136. The van der Waals surface area contributed by atoms with E-state index in [2.05, 4.69) is 4.90 Å². The highest BCUT2D eigenvalue weighted by Crippen LogP contribution is 2.18. The third-order valence-electron chi connectivity index (χ3n) is 2.74. The molecule has 0 radical (unpaired) electrons. The van der Waals surface area contributed by atoms with Gasteiger partial charge < -0.3 is 10.0 Å². The molecule has 18 heavy (non-hydrogen) atoms. The summed E-state index contributed by atoms with van der Waals surface area (Å²) in [6.45, 7) is 4.01. The molecule has 3 nitrogen and oxygen atoms in total. The van der Waals surface area contributed by atoms with Crippen LogP contribution in [0.15, 0.2) is 48.2 Å². The Hall–Kier alpha value is -2.03. The zero-order valence-corrected chi connectivity index (χ0v) is 11.1. The molecule has 3 heteroatoms. The van der Waals surface area contributed by atoms with Crippen LogP contribution in [-0.4, -0.2) is 18.1 Å². The fourth-order valence-corrected chi connectivity index (χ4v) is 1.56. The lowest BCUT2D eigenvalue weighted by Crippen LogP contribution is -2.14. The molecule has 0 spiro atoms. The topological polar surface area (TPSA) is 40.5 Å². The molecule has 0 atom stereocenters. The van der Waals surface area contributed by atoms with Gasteiger partial charge in [0.25, 0.3) is 0 Å². The summed E-state index contributed by atoms with van der Waals surface area (Å²) in [4.78, 5) is 12.6. The predicted octanol–water partition coefficient (Wildman–Crippen LogP) is 3.23. The summed E-state index contributed by atoms with van der Waals surface area (Å²) >= 11 is 0. The average Bonchev–Trinajstić information content (AvgIpc) is 2.35. The van der Waals surface area contributed by atoms with Gasteiger partial charge in [-0.1, -0.05) is 24.3 Å². The second-order valence-electron chi connectivity index (χ2n) is 4.13. The van der Waals surface area contributed by atoms with E-state index in [0.29, 0.717) is 0 Å². The minimum absolute atomic E-state index is 0.0669. The first kappa shape index (κ1) is 14.0. The lowest BCUT2D eigenvalue weighted by Gasteiger charge is -2.20. The fraction of sp³-hybridized carbons (Fsp3) is 0.267. The van der Waals surface area contributed by atoms with Gasteiger partial charge in [-0.2, -0.15) is 0 Å². The van der Waals surface area contributed by atoms with Crippen molar-refractivity contribution in [2.24, 2.45) is 0 Å². The summed E-state index contributed by atoms with van der Waals surface area (Å²) in [5.74, 6) is -0.805. The molecule has 1 N–H and O–H groups in total. The second kappa shape index (κ2) is 6.64. The van der Waals surface area contributed by atoms with Gasteiger partial charge in [0.05, 0.1) is 6.42 Å². The van der Waals surface area contributed by atoms with Crippen LogP contribution in [0.4, 0.5) is 5.69 Å². The Morgan fingerprint density at radius 3 is 2.44 bits per heavy atom. The van der Waals surface area contributed by atoms with Gasteiger partial charge >= 0.3 is 5.97 Å². The minimum atomic E-state index is -0.805. The van der Waals surface area contributed by atoms with Gasteiger partial charge in [0, 0.05) is 18.4 Å². The van der Waals surface area contributed by atoms with Gasteiger partial charge in [0.1, 0.15) is 0 Å². The largest absolute Gasteiger partial charge is 0.481 e. The van der Waals surface area contributed by atoms with E-state index < -0.39 is 5.97 Å². The van der Waals surface area contributed by atoms with Crippen molar-refractivity contribution in [2.75, 3.05) is 11.9 Å². The first-order chi connectivity index (χ1) is 8.54. The number of allylic oxidation sites excluding steroid dienone is 4. The van der Waals surface area contributed by atoms with Crippen molar-refractivity contribution in [2.45, 2.75) is 20.3 Å². The standard InChI is InChI=1S/C15H19NO2/c1-4-5-6-12(2)16(3)14-9-7-13(8-10-14)11-15(17)18/h4-10H,11H2,1-3H3,(H,17,18)/b5-4+,12-6-. The number of carboxylic acids is 1. The molecule has 0 aromatic heterocycles. The smallest absolute Gasteiger partial charge is 0.307 e. The Morgan fingerprint density at radius 2 is 1.94 bits per heavy atom. The fourth-order valence-electron chi connectivity index (χ4n) is 1.56. The van der Waals surface area contributed by atoms with Crippen LogP contribution in [0.3, 0.4) is 0 Å². The maximum atomic E-state index is 10.6. The molecule has 0 aliphatic carbocycles. The van der Waals surface area contributed by atoms with Gasteiger partial charge in [0.2, 0.25) is 0 Å². The van der Waals surface area contributed by atoms with Gasteiger partial charge in [-0.15, -0.1) is 0 Å². The van der Waals surface area contributed by atoms with Crippen LogP contribution in [0.1, 0.15) is 19.4 Å². The van der Waals surface area contributed by atoms with Crippen LogP contribution in [0.2, 0.25) is 0 Å². The van der Waals surface area contributed by atoms with Crippen molar-refractivity contribution < 1.29 is 9.90 Å². The van der Waals surface area contributed by atoms with Crippen molar-refractivity contribution in [3.8, 4) is 0 Å². The first-order valence-corrected chi connectivity index (χ1v) is 5.88. The molecule has 0 saturated carbocycles. The molecule has 0 saturated heterocycles. The van der Waals surface area contributed by atoms with Gasteiger partial charge in [-0.25, -0.2) is 0 Å². The van der Waals surface area contributed by atoms with E-state index in [1.54, 1.807) is 0 Å². The normalized spacial score (nSPS) is 11.8. The van der Waals surface area contributed by atoms with Gasteiger partial charge in [0.15, 0.2) is 0 Å². The molecule has 1 rings (SSSR count). The van der Waals surface area contributed by atoms with Crippen molar-refractivity contribution in [3.63, 3.8) is 0 Å². The molecule has 0 aliphatic rings. The molecule has 1 aromatic rings. The number of anilines is 1. The van der Waals surface area contributed by atoms with E-state index in [1.165, 1.54) is 0 Å². The molecule has 0 amide bonds. The van der Waals surface area contributed by atoms with E-state index in [0.717, 1.165) is 16.9 Å². The van der Waals surface area contributed by atoms with Crippen LogP contribution in [0.25, 0.3) is 0 Å². The Bertz CT molecular complexity index is 458. The maximum absolute atomic E-state index is 10.6. The highest BCUT2D eigenvalue weighted by Gasteiger charge is 2.04. The van der Waals surface area contributed by atoms with Gasteiger partial charge in [-0.05, 0) is 37.6 Å². The molecule has 0 bridgehead atoms. The zero-order chi connectivity index (χ0) is 13.5. The van der Waals surface area contributed by atoms with E-state index in [-0.39, 0.29) is 6.42 Å². The monoisotopic (exact) mass is 245 g/mol. The number of rotatable bonds is 5. The molecule has 1 aromatic carbocycles. The van der Waals surface area contributed by atoms with Crippen molar-refractivity contribution >= 4 is 11.7 Å². The Kier molecular flexibility index (Phi) is 5.18. The number of nitrogens with zero attached hydrogens (tertiary/aromatic N) is 1. The molecule has 0 unspecified atom stereocenters.